The zero-order valence-electron chi connectivity index (χ0n) is 6.92. The number of hydrogen-bond acceptors (Lipinski definition) is 1. The summed E-state index contributed by atoms with van der Waals surface area (Å²) in [6.45, 7) is 0. The maximum absolute atomic E-state index is 5.88. The molecule has 0 aliphatic carbocycles. The summed E-state index contributed by atoms with van der Waals surface area (Å²) in [6, 6.07) is 7.12. The van der Waals surface area contributed by atoms with Crippen LogP contribution in [0.1, 0.15) is 0 Å². The van der Waals surface area contributed by atoms with Gasteiger partial charge in [-0.15, -0.1) is 0 Å². The minimum atomic E-state index is 0.593. The van der Waals surface area contributed by atoms with E-state index < -0.39 is 0 Å². The Labute approximate surface area is 99.6 Å². The normalized spacial score (nSPS) is 10.5. The van der Waals surface area contributed by atoms with Gasteiger partial charge in [0.2, 0.25) is 0 Å². The van der Waals surface area contributed by atoms with E-state index in [4.69, 9.17) is 23.2 Å². The third-order valence-electron chi connectivity index (χ3n) is 1.69. The highest BCUT2D eigenvalue weighted by Gasteiger charge is 2.03. The van der Waals surface area contributed by atoms with Gasteiger partial charge in [0.25, 0.3) is 0 Å². The third kappa shape index (κ3) is 1.95. The maximum Gasteiger partial charge on any atom is 0.109 e. The minimum Gasteiger partial charge on any atom is -0.227 e. The van der Waals surface area contributed by atoms with Gasteiger partial charge >= 0.3 is 0 Å². The molecule has 0 N–H and O–H groups in total. The van der Waals surface area contributed by atoms with E-state index in [2.05, 4.69) is 21.0 Å². The molecule has 0 saturated heterocycles. The Morgan fingerprint density at radius 3 is 2.29 bits per heavy atom. The summed E-state index contributed by atoms with van der Waals surface area (Å²) in [7, 11) is 0. The average Bonchev–Trinajstić information content (AvgIpc) is 2.49. The van der Waals surface area contributed by atoms with E-state index in [0.29, 0.717) is 10.0 Å². The molecule has 0 aliphatic heterocycles. The Morgan fingerprint density at radius 1 is 1.14 bits per heavy atom. The number of aromatic nitrogens is 2. The lowest BCUT2D eigenvalue weighted by Gasteiger charge is -2.04. The number of hydrogen-bond donors (Lipinski definition) is 0. The molecule has 0 saturated carbocycles. The molecule has 0 spiro atoms. The van der Waals surface area contributed by atoms with Gasteiger partial charge in [0.05, 0.1) is 11.9 Å². The monoisotopic (exact) mass is 290 g/mol. The van der Waals surface area contributed by atoms with Crippen LogP contribution in [0, 0.1) is 0 Å². The fourth-order valence-corrected chi connectivity index (χ4v) is 2.07. The lowest BCUT2D eigenvalue weighted by Crippen LogP contribution is -1.95. The second-order valence-electron chi connectivity index (χ2n) is 2.69. The SMILES string of the molecule is Clc1cc(Cl)cc(-n2nccc2Br)c1. The summed E-state index contributed by atoms with van der Waals surface area (Å²) in [6.07, 6.45) is 1.69. The van der Waals surface area contributed by atoms with E-state index >= 15 is 0 Å². The van der Waals surface area contributed by atoms with Crippen molar-refractivity contribution in [3.63, 3.8) is 0 Å². The third-order valence-corrected chi connectivity index (χ3v) is 2.73. The molecule has 2 aromatic rings. The molecular formula is C9H5BrCl2N2. The van der Waals surface area contributed by atoms with E-state index in [1.165, 1.54) is 0 Å². The van der Waals surface area contributed by atoms with Crippen molar-refractivity contribution in [1.29, 1.82) is 0 Å². The first-order valence-corrected chi connectivity index (χ1v) is 5.38. The number of nitrogens with zero attached hydrogens (tertiary/aromatic N) is 2. The zero-order valence-corrected chi connectivity index (χ0v) is 10.0. The van der Waals surface area contributed by atoms with Crippen LogP contribution < -0.4 is 0 Å². The molecule has 0 aliphatic rings. The first kappa shape index (κ1) is 10.0. The lowest BCUT2D eigenvalue weighted by atomic mass is 10.3. The number of rotatable bonds is 1. The first-order chi connectivity index (χ1) is 6.66. The van der Waals surface area contributed by atoms with Gasteiger partial charge in [-0.25, -0.2) is 4.68 Å². The van der Waals surface area contributed by atoms with Crippen LogP contribution in [0.4, 0.5) is 0 Å². The lowest BCUT2D eigenvalue weighted by molar-refractivity contribution is 0.861. The van der Waals surface area contributed by atoms with Gasteiger partial charge in [0, 0.05) is 10.0 Å². The standard InChI is InChI=1S/C9H5BrCl2N2/c10-9-1-2-13-14(9)8-4-6(11)3-7(12)5-8/h1-5H. The van der Waals surface area contributed by atoms with E-state index in [-0.39, 0.29) is 0 Å². The molecule has 1 aromatic heterocycles. The summed E-state index contributed by atoms with van der Waals surface area (Å²) < 4.78 is 2.56. The van der Waals surface area contributed by atoms with E-state index in [1.54, 1.807) is 29.1 Å². The minimum absolute atomic E-state index is 0.593. The molecule has 0 unspecified atom stereocenters. The van der Waals surface area contributed by atoms with Crippen molar-refractivity contribution in [2.24, 2.45) is 0 Å². The Hall–Kier alpha value is -0.510. The molecule has 72 valence electrons. The van der Waals surface area contributed by atoms with Crippen LogP contribution in [-0.2, 0) is 0 Å². The second kappa shape index (κ2) is 3.93. The van der Waals surface area contributed by atoms with Crippen molar-refractivity contribution in [2.75, 3.05) is 0 Å². The molecule has 0 fully saturated rings. The van der Waals surface area contributed by atoms with Crippen molar-refractivity contribution >= 4 is 39.1 Å². The Bertz CT molecular complexity index is 447. The predicted molar refractivity (Wildman–Crippen MR) is 61.3 cm³/mol. The molecule has 2 nitrogen and oxygen atoms in total. The van der Waals surface area contributed by atoms with Gasteiger partial charge in [-0.1, -0.05) is 23.2 Å². The van der Waals surface area contributed by atoms with Gasteiger partial charge in [-0.3, -0.25) is 0 Å². The van der Waals surface area contributed by atoms with Crippen molar-refractivity contribution < 1.29 is 0 Å². The van der Waals surface area contributed by atoms with Crippen molar-refractivity contribution in [3.05, 3.63) is 45.1 Å². The van der Waals surface area contributed by atoms with Crippen LogP contribution >= 0.6 is 39.1 Å². The van der Waals surface area contributed by atoms with Crippen LogP contribution in [0.25, 0.3) is 5.69 Å². The molecule has 2 rings (SSSR count). The highest BCUT2D eigenvalue weighted by molar-refractivity contribution is 9.10. The van der Waals surface area contributed by atoms with Crippen molar-refractivity contribution in [1.82, 2.24) is 9.78 Å². The Balaban J connectivity index is 2.57. The van der Waals surface area contributed by atoms with Gasteiger partial charge in [-0.05, 0) is 40.2 Å². The summed E-state index contributed by atoms with van der Waals surface area (Å²) in [5.41, 5.74) is 0.833. The van der Waals surface area contributed by atoms with Gasteiger partial charge < -0.3 is 0 Å². The van der Waals surface area contributed by atoms with Crippen LogP contribution in [0.3, 0.4) is 0 Å². The quantitative estimate of drug-likeness (QED) is 0.778. The van der Waals surface area contributed by atoms with E-state index in [0.717, 1.165) is 10.3 Å². The molecule has 14 heavy (non-hydrogen) atoms. The fraction of sp³-hybridized carbons (Fsp3) is 0. The molecule has 0 bridgehead atoms. The largest absolute Gasteiger partial charge is 0.227 e. The summed E-state index contributed by atoms with van der Waals surface area (Å²) in [5.74, 6) is 0. The molecule has 1 heterocycles. The highest BCUT2D eigenvalue weighted by Crippen LogP contribution is 2.23. The summed E-state index contributed by atoms with van der Waals surface area (Å²) >= 11 is 15.1. The molecular weight excluding hydrogens is 287 g/mol. The van der Waals surface area contributed by atoms with Crippen molar-refractivity contribution in [2.45, 2.75) is 0 Å². The van der Waals surface area contributed by atoms with Crippen molar-refractivity contribution in [3.8, 4) is 5.69 Å². The first-order valence-electron chi connectivity index (χ1n) is 3.83. The topological polar surface area (TPSA) is 17.8 Å². The van der Waals surface area contributed by atoms with Crippen LogP contribution in [-0.4, -0.2) is 9.78 Å². The summed E-state index contributed by atoms with van der Waals surface area (Å²) in [5, 5.41) is 5.31. The predicted octanol–water partition coefficient (Wildman–Crippen LogP) is 3.94. The molecule has 5 heteroatoms. The van der Waals surface area contributed by atoms with Gasteiger partial charge in [0.1, 0.15) is 4.60 Å². The maximum atomic E-state index is 5.88. The van der Waals surface area contributed by atoms with Crippen LogP contribution in [0.5, 0.6) is 0 Å². The Kier molecular flexibility index (Phi) is 2.81. The average molecular weight is 292 g/mol. The second-order valence-corrected chi connectivity index (χ2v) is 4.38. The smallest absolute Gasteiger partial charge is 0.109 e. The van der Waals surface area contributed by atoms with E-state index in [1.807, 2.05) is 6.07 Å². The van der Waals surface area contributed by atoms with Gasteiger partial charge in [-0.2, -0.15) is 5.10 Å². The summed E-state index contributed by atoms with van der Waals surface area (Å²) in [4.78, 5) is 0. The molecule has 1 aromatic carbocycles. The van der Waals surface area contributed by atoms with Crippen LogP contribution in [0.15, 0.2) is 35.1 Å². The fourth-order valence-electron chi connectivity index (χ4n) is 1.14. The van der Waals surface area contributed by atoms with Gasteiger partial charge in [0.15, 0.2) is 0 Å². The zero-order chi connectivity index (χ0) is 10.1. The van der Waals surface area contributed by atoms with Crippen LogP contribution in [0.2, 0.25) is 10.0 Å². The number of halogens is 3. The molecule has 0 atom stereocenters. The number of benzene rings is 1. The Morgan fingerprint density at radius 2 is 1.79 bits per heavy atom. The molecule has 0 amide bonds. The molecule has 0 radical (unpaired) electrons. The van der Waals surface area contributed by atoms with E-state index in [9.17, 15) is 0 Å². The highest BCUT2D eigenvalue weighted by atomic mass is 79.9.